The molecule has 0 aliphatic heterocycles. The van der Waals surface area contributed by atoms with E-state index in [-0.39, 0.29) is 30.8 Å². The standard InChI is InChI=1S/C40H48BrClN4O5/c1-4-45(31-11-7-5-8-12-31)25-29-21-28(22-35(41)38(29)43)40(49)51-20-10-6-9-19-44-37(47)24-33-26(2)46(36-18-17-32(50-3)23-34(33)36)39(48)27-13-15-30(42)16-14-27/h13-18,21-23,31H,4-12,19-20,24-25,43H2,1-3H3,(H,44,47). The third kappa shape index (κ3) is 9.53. The zero-order chi connectivity index (χ0) is 36.5. The zero-order valence-electron chi connectivity index (χ0n) is 29.7. The smallest absolute Gasteiger partial charge is 0.338 e. The van der Waals surface area contributed by atoms with E-state index in [1.54, 1.807) is 48.1 Å². The van der Waals surface area contributed by atoms with E-state index < -0.39 is 0 Å². The minimum absolute atomic E-state index is 0.115. The highest BCUT2D eigenvalue weighted by molar-refractivity contribution is 9.10. The van der Waals surface area contributed by atoms with Gasteiger partial charge in [0.25, 0.3) is 5.91 Å². The van der Waals surface area contributed by atoms with Crippen LogP contribution in [-0.2, 0) is 22.5 Å². The number of nitrogens with zero attached hydrogens (tertiary/aromatic N) is 2. The number of fused-ring (bicyclic) bond motifs is 1. The van der Waals surface area contributed by atoms with Crippen LogP contribution in [0.3, 0.4) is 0 Å². The fourth-order valence-corrected chi connectivity index (χ4v) is 7.61. The van der Waals surface area contributed by atoms with Crippen LogP contribution in [0, 0.1) is 6.92 Å². The van der Waals surface area contributed by atoms with E-state index in [0.717, 1.165) is 35.9 Å². The van der Waals surface area contributed by atoms with Gasteiger partial charge in [-0.1, -0.05) is 37.8 Å². The van der Waals surface area contributed by atoms with Gasteiger partial charge in [-0.2, -0.15) is 0 Å². The number of amides is 1. The van der Waals surface area contributed by atoms with Crippen molar-refractivity contribution >= 4 is 61.9 Å². The monoisotopic (exact) mass is 778 g/mol. The molecule has 1 amide bonds. The molecule has 11 heteroatoms. The Morgan fingerprint density at radius 1 is 1.00 bits per heavy atom. The number of ether oxygens (including phenoxy) is 2. The Bertz CT molecular complexity index is 1850. The molecule has 0 atom stereocenters. The lowest BCUT2D eigenvalue weighted by molar-refractivity contribution is -0.120. The Morgan fingerprint density at radius 2 is 1.75 bits per heavy atom. The fraction of sp³-hybridized carbons (Fsp3) is 0.425. The number of carbonyl (C=O) groups excluding carboxylic acids is 3. The molecule has 3 N–H and O–H groups in total. The summed E-state index contributed by atoms with van der Waals surface area (Å²) in [7, 11) is 1.59. The second-order valence-corrected chi connectivity index (χ2v) is 14.5. The zero-order valence-corrected chi connectivity index (χ0v) is 32.1. The van der Waals surface area contributed by atoms with Crippen LogP contribution in [0.15, 0.2) is 59.1 Å². The first-order valence-corrected chi connectivity index (χ1v) is 19.0. The van der Waals surface area contributed by atoms with Gasteiger partial charge in [-0.05, 0) is 127 Å². The summed E-state index contributed by atoms with van der Waals surface area (Å²) in [4.78, 5) is 42.1. The number of hydrogen-bond donors (Lipinski definition) is 2. The summed E-state index contributed by atoms with van der Waals surface area (Å²) in [6, 6.07) is 16.4. The van der Waals surface area contributed by atoms with Crippen LogP contribution in [0.4, 0.5) is 5.69 Å². The van der Waals surface area contributed by atoms with Crippen molar-refractivity contribution in [2.75, 3.05) is 32.5 Å². The molecular weight excluding hydrogens is 732 g/mol. The summed E-state index contributed by atoms with van der Waals surface area (Å²) in [5, 5.41) is 4.35. The normalized spacial score (nSPS) is 13.5. The Kier molecular flexibility index (Phi) is 13.6. The number of anilines is 1. The predicted octanol–water partition coefficient (Wildman–Crippen LogP) is 8.49. The molecule has 1 aromatic heterocycles. The number of unbranched alkanes of at least 4 members (excludes halogenated alkanes) is 2. The first-order chi connectivity index (χ1) is 24.6. The summed E-state index contributed by atoms with van der Waals surface area (Å²) in [6.45, 7) is 6.44. The maximum absolute atomic E-state index is 13.6. The molecule has 1 aliphatic rings. The lowest BCUT2D eigenvalue weighted by Crippen LogP contribution is -2.36. The minimum Gasteiger partial charge on any atom is -0.497 e. The Hall–Kier alpha value is -3.86. The van der Waals surface area contributed by atoms with Gasteiger partial charge in [-0.3, -0.25) is 19.1 Å². The minimum atomic E-state index is -0.369. The highest BCUT2D eigenvalue weighted by Gasteiger charge is 2.24. The van der Waals surface area contributed by atoms with E-state index >= 15 is 0 Å². The molecule has 1 aliphatic carbocycles. The van der Waals surface area contributed by atoms with Crippen LogP contribution in [0.25, 0.3) is 10.9 Å². The van der Waals surface area contributed by atoms with Crippen molar-refractivity contribution in [2.45, 2.75) is 84.2 Å². The van der Waals surface area contributed by atoms with Gasteiger partial charge in [0.05, 0.1) is 36.9 Å². The molecule has 0 spiro atoms. The van der Waals surface area contributed by atoms with E-state index in [9.17, 15) is 14.4 Å². The van der Waals surface area contributed by atoms with Gasteiger partial charge in [0.2, 0.25) is 5.91 Å². The topological polar surface area (TPSA) is 116 Å². The van der Waals surface area contributed by atoms with Crippen LogP contribution in [0.1, 0.15) is 95.8 Å². The van der Waals surface area contributed by atoms with E-state index in [1.807, 2.05) is 25.1 Å². The van der Waals surface area contributed by atoms with Gasteiger partial charge < -0.3 is 20.5 Å². The van der Waals surface area contributed by atoms with Crippen molar-refractivity contribution in [3.8, 4) is 5.75 Å². The molecule has 9 nitrogen and oxygen atoms in total. The molecular formula is C40H48BrClN4O5. The molecule has 1 fully saturated rings. The van der Waals surface area contributed by atoms with Gasteiger partial charge in [-0.25, -0.2) is 4.79 Å². The van der Waals surface area contributed by atoms with E-state index in [1.165, 1.54) is 32.1 Å². The van der Waals surface area contributed by atoms with Crippen LogP contribution in [-0.4, -0.2) is 60.1 Å². The quantitative estimate of drug-likeness (QED) is 0.0707. The molecule has 1 saturated carbocycles. The molecule has 1 heterocycles. The number of methoxy groups -OCH3 is 1. The fourth-order valence-electron chi connectivity index (χ4n) is 6.99. The molecule has 3 aromatic carbocycles. The van der Waals surface area contributed by atoms with Gasteiger partial charge in [0.1, 0.15) is 5.75 Å². The average molecular weight is 780 g/mol. The van der Waals surface area contributed by atoms with Crippen molar-refractivity contribution in [2.24, 2.45) is 0 Å². The number of benzene rings is 3. The second kappa shape index (κ2) is 18.1. The van der Waals surface area contributed by atoms with Crippen molar-refractivity contribution in [3.05, 3.63) is 92.0 Å². The van der Waals surface area contributed by atoms with Crippen molar-refractivity contribution < 1.29 is 23.9 Å². The number of rotatable bonds is 15. The molecule has 0 unspecified atom stereocenters. The number of esters is 1. The first kappa shape index (κ1) is 38.4. The molecule has 5 rings (SSSR count). The molecule has 0 saturated heterocycles. The van der Waals surface area contributed by atoms with E-state index in [4.69, 9.17) is 26.8 Å². The lowest BCUT2D eigenvalue weighted by Gasteiger charge is -2.34. The maximum atomic E-state index is 13.6. The average Bonchev–Trinajstić information content (AvgIpc) is 3.41. The third-order valence-electron chi connectivity index (χ3n) is 9.87. The second-order valence-electron chi connectivity index (χ2n) is 13.2. The van der Waals surface area contributed by atoms with Crippen LogP contribution < -0.4 is 15.8 Å². The van der Waals surface area contributed by atoms with Crippen LogP contribution in [0.5, 0.6) is 5.75 Å². The van der Waals surface area contributed by atoms with E-state index in [0.29, 0.717) is 68.8 Å². The number of aromatic nitrogens is 1. The highest BCUT2D eigenvalue weighted by Crippen LogP contribution is 2.32. The van der Waals surface area contributed by atoms with Crippen molar-refractivity contribution in [1.29, 1.82) is 0 Å². The van der Waals surface area contributed by atoms with Crippen molar-refractivity contribution in [3.63, 3.8) is 0 Å². The molecule has 0 radical (unpaired) electrons. The van der Waals surface area contributed by atoms with Gasteiger partial charge in [0, 0.05) is 45.3 Å². The maximum Gasteiger partial charge on any atom is 0.338 e. The number of nitrogens with one attached hydrogen (secondary N) is 1. The van der Waals surface area contributed by atoms with Gasteiger partial charge in [-0.15, -0.1) is 0 Å². The van der Waals surface area contributed by atoms with Crippen molar-refractivity contribution in [1.82, 2.24) is 14.8 Å². The summed E-state index contributed by atoms with van der Waals surface area (Å²) in [6.07, 6.45) is 8.54. The molecule has 51 heavy (non-hydrogen) atoms. The number of nitrogens with two attached hydrogens (primary N) is 1. The SMILES string of the molecule is CCN(Cc1cc(C(=O)OCCCCCNC(=O)Cc2c(C)n(C(=O)c3ccc(Cl)cc3)c3ccc(OC)cc23)cc(Br)c1N)C1CCCCC1. The van der Waals surface area contributed by atoms with Crippen LogP contribution in [0.2, 0.25) is 5.02 Å². The summed E-state index contributed by atoms with van der Waals surface area (Å²) in [5.41, 5.74) is 11.2. The summed E-state index contributed by atoms with van der Waals surface area (Å²) >= 11 is 9.59. The Labute approximate surface area is 313 Å². The Morgan fingerprint density at radius 3 is 2.45 bits per heavy atom. The highest BCUT2D eigenvalue weighted by atomic mass is 79.9. The van der Waals surface area contributed by atoms with Gasteiger partial charge in [0.15, 0.2) is 0 Å². The van der Waals surface area contributed by atoms with Crippen LogP contribution >= 0.6 is 27.5 Å². The number of hydrogen-bond acceptors (Lipinski definition) is 7. The predicted molar refractivity (Wildman–Crippen MR) is 207 cm³/mol. The summed E-state index contributed by atoms with van der Waals surface area (Å²) < 4.78 is 13.4. The number of nitrogen functional groups attached to an aromatic ring is 1. The third-order valence-corrected chi connectivity index (χ3v) is 10.8. The van der Waals surface area contributed by atoms with Gasteiger partial charge >= 0.3 is 5.97 Å². The first-order valence-electron chi connectivity index (χ1n) is 17.8. The lowest BCUT2D eigenvalue weighted by atomic mass is 9.93. The molecule has 272 valence electrons. The number of carbonyl (C=O) groups is 3. The largest absolute Gasteiger partial charge is 0.497 e. The van der Waals surface area contributed by atoms with E-state index in [2.05, 4.69) is 33.1 Å². The number of halogens is 2. The Balaban J connectivity index is 1.11. The molecule has 4 aromatic rings. The molecule has 0 bridgehead atoms. The summed E-state index contributed by atoms with van der Waals surface area (Å²) in [5.74, 6) is -0.0657.